The van der Waals surface area contributed by atoms with Crippen LogP contribution in [0.25, 0.3) is 0 Å². The number of unbranched alkanes of at least 4 members (excludes halogenated alkanes) is 2. The summed E-state index contributed by atoms with van der Waals surface area (Å²) in [7, 11) is -3.28. The van der Waals surface area contributed by atoms with E-state index < -0.39 is 10.0 Å². The third-order valence-corrected chi connectivity index (χ3v) is 3.99. The molecule has 5 nitrogen and oxygen atoms in total. The molecule has 0 aromatic rings. The molecule has 6 heteroatoms. The van der Waals surface area contributed by atoms with E-state index in [1.807, 2.05) is 0 Å². The van der Waals surface area contributed by atoms with Crippen LogP contribution in [0.15, 0.2) is 0 Å². The van der Waals surface area contributed by atoms with Crippen LogP contribution in [-0.4, -0.2) is 44.0 Å². The molecule has 0 radical (unpaired) electrons. The van der Waals surface area contributed by atoms with Crippen molar-refractivity contribution >= 4 is 15.9 Å². The van der Waals surface area contributed by atoms with E-state index in [1.165, 1.54) is 4.31 Å². The molecule has 1 N–H and O–H groups in total. The van der Waals surface area contributed by atoms with Crippen molar-refractivity contribution < 1.29 is 13.2 Å². The minimum atomic E-state index is -3.28. The summed E-state index contributed by atoms with van der Waals surface area (Å²) >= 11 is 0. The third kappa shape index (κ3) is 6.02. The second kappa shape index (κ2) is 6.35. The molecule has 0 heterocycles. The van der Waals surface area contributed by atoms with Gasteiger partial charge in [-0.05, 0) is 19.3 Å². The second-order valence-electron chi connectivity index (χ2n) is 4.65. The predicted molar refractivity (Wildman–Crippen MR) is 67.1 cm³/mol. The maximum Gasteiger partial charge on any atom is 0.235 e. The van der Waals surface area contributed by atoms with Gasteiger partial charge in [-0.2, -0.15) is 4.31 Å². The summed E-state index contributed by atoms with van der Waals surface area (Å²) in [4.78, 5) is 11.6. The van der Waals surface area contributed by atoms with Crippen LogP contribution in [0, 0.1) is 0 Å². The van der Waals surface area contributed by atoms with Crippen LogP contribution in [0.2, 0.25) is 0 Å². The lowest BCUT2D eigenvalue weighted by molar-refractivity contribution is -0.121. The maximum absolute atomic E-state index is 11.6. The Morgan fingerprint density at radius 3 is 2.47 bits per heavy atom. The van der Waals surface area contributed by atoms with Crippen molar-refractivity contribution in [1.82, 2.24) is 9.62 Å². The van der Waals surface area contributed by atoms with E-state index in [2.05, 4.69) is 12.2 Å². The van der Waals surface area contributed by atoms with E-state index >= 15 is 0 Å². The standard InChI is InChI=1S/C11H22N2O3S/c1-3-4-5-8-13(17(2,15)16)9-11(14)12-10-6-7-10/h10H,3-9H2,1-2H3,(H,12,14). The number of carbonyl (C=O) groups excluding carboxylic acids is 1. The predicted octanol–water partition coefficient (Wildman–Crippen LogP) is 0.717. The van der Waals surface area contributed by atoms with Crippen molar-refractivity contribution in [3.05, 3.63) is 0 Å². The van der Waals surface area contributed by atoms with Gasteiger partial charge in [0.1, 0.15) is 0 Å². The molecule has 1 aliphatic carbocycles. The van der Waals surface area contributed by atoms with Gasteiger partial charge in [-0.3, -0.25) is 4.79 Å². The molecule has 100 valence electrons. The summed E-state index contributed by atoms with van der Waals surface area (Å²) in [5.74, 6) is -0.186. The first-order chi connectivity index (χ1) is 7.93. The zero-order valence-electron chi connectivity index (χ0n) is 10.6. The van der Waals surface area contributed by atoms with E-state index in [-0.39, 0.29) is 18.5 Å². The Kier molecular flexibility index (Phi) is 5.39. The van der Waals surface area contributed by atoms with Gasteiger partial charge in [0.15, 0.2) is 0 Å². The fourth-order valence-electron chi connectivity index (χ4n) is 1.56. The molecule has 0 aromatic heterocycles. The molecule has 1 saturated carbocycles. The average Bonchev–Trinajstić information content (AvgIpc) is 2.99. The van der Waals surface area contributed by atoms with Gasteiger partial charge >= 0.3 is 0 Å². The summed E-state index contributed by atoms with van der Waals surface area (Å²) in [5, 5.41) is 2.80. The van der Waals surface area contributed by atoms with Crippen LogP contribution in [0.3, 0.4) is 0 Å². The lowest BCUT2D eigenvalue weighted by Crippen LogP contribution is -2.41. The summed E-state index contributed by atoms with van der Waals surface area (Å²) in [5.41, 5.74) is 0. The van der Waals surface area contributed by atoms with Crippen molar-refractivity contribution in [3.63, 3.8) is 0 Å². The van der Waals surface area contributed by atoms with Gasteiger partial charge < -0.3 is 5.32 Å². The molecule has 0 aliphatic heterocycles. The number of sulfonamides is 1. The number of amides is 1. The number of nitrogens with one attached hydrogen (secondary N) is 1. The highest BCUT2D eigenvalue weighted by Gasteiger charge is 2.26. The first-order valence-corrected chi connectivity index (χ1v) is 8.02. The van der Waals surface area contributed by atoms with Gasteiger partial charge in [-0.15, -0.1) is 0 Å². The summed E-state index contributed by atoms with van der Waals surface area (Å²) < 4.78 is 24.3. The third-order valence-electron chi connectivity index (χ3n) is 2.74. The Bertz CT molecular complexity index is 350. The van der Waals surface area contributed by atoms with Crippen LogP contribution in [0.1, 0.15) is 39.0 Å². The van der Waals surface area contributed by atoms with Gasteiger partial charge in [-0.25, -0.2) is 8.42 Å². The van der Waals surface area contributed by atoms with E-state index in [1.54, 1.807) is 0 Å². The topological polar surface area (TPSA) is 66.5 Å². The number of nitrogens with zero attached hydrogens (tertiary/aromatic N) is 1. The summed E-state index contributed by atoms with van der Waals surface area (Å²) in [6, 6.07) is 0.277. The molecule has 0 bridgehead atoms. The number of rotatable bonds is 8. The van der Waals surface area contributed by atoms with Crippen LogP contribution in [-0.2, 0) is 14.8 Å². The van der Waals surface area contributed by atoms with Crippen LogP contribution < -0.4 is 5.32 Å². The second-order valence-corrected chi connectivity index (χ2v) is 6.63. The molecular formula is C11H22N2O3S. The number of hydrogen-bond donors (Lipinski definition) is 1. The molecule has 0 unspecified atom stereocenters. The van der Waals surface area contributed by atoms with Gasteiger partial charge in [0.2, 0.25) is 15.9 Å². The summed E-state index contributed by atoms with van der Waals surface area (Å²) in [6.45, 7) is 2.45. The lowest BCUT2D eigenvalue weighted by Gasteiger charge is -2.19. The molecule has 0 saturated heterocycles. The lowest BCUT2D eigenvalue weighted by atomic mass is 10.2. The normalized spacial score (nSPS) is 16.2. The number of carbonyl (C=O) groups is 1. The van der Waals surface area contributed by atoms with Crippen LogP contribution >= 0.6 is 0 Å². The van der Waals surface area contributed by atoms with Gasteiger partial charge in [-0.1, -0.05) is 19.8 Å². The van der Waals surface area contributed by atoms with Crippen molar-refractivity contribution in [1.29, 1.82) is 0 Å². The molecule has 0 spiro atoms. The highest BCUT2D eigenvalue weighted by atomic mass is 32.2. The molecule has 17 heavy (non-hydrogen) atoms. The monoisotopic (exact) mass is 262 g/mol. The quantitative estimate of drug-likeness (QED) is 0.655. The number of hydrogen-bond acceptors (Lipinski definition) is 3. The first-order valence-electron chi connectivity index (χ1n) is 6.18. The molecule has 0 atom stereocenters. The maximum atomic E-state index is 11.6. The Labute approximate surface area is 104 Å². The minimum Gasteiger partial charge on any atom is -0.352 e. The van der Waals surface area contributed by atoms with E-state index in [9.17, 15) is 13.2 Å². The van der Waals surface area contributed by atoms with Gasteiger partial charge in [0.05, 0.1) is 12.8 Å². The van der Waals surface area contributed by atoms with Crippen molar-refractivity contribution in [2.75, 3.05) is 19.3 Å². The average molecular weight is 262 g/mol. The Morgan fingerprint density at radius 1 is 1.35 bits per heavy atom. The zero-order valence-corrected chi connectivity index (χ0v) is 11.4. The van der Waals surface area contributed by atoms with Crippen LogP contribution in [0.4, 0.5) is 0 Å². The van der Waals surface area contributed by atoms with Gasteiger partial charge in [0, 0.05) is 12.6 Å². The SMILES string of the molecule is CCCCCN(CC(=O)NC1CC1)S(C)(=O)=O. The Hall–Kier alpha value is -0.620. The van der Waals surface area contributed by atoms with Crippen molar-refractivity contribution in [3.8, 4) is 0 Å². The molecular weight excluding hydrogens is 240 g/mol. The smallest absolute Gasteiger partial charge is 0.235 e. The van der Waals surface area contributed by atoms with E-state index in [4.69, 9.17) is 0 Å². The Morgan fingerprint density at radius 2 is 2.00 bits per heavy atom. The van der Waals surface area contributed by atoms with E-state index in [0.29, 0.717) is 6.54 Å². The largest absolute Gasteiger partial charge is 0.352 e. The van der Waals surface area contributed by atoms with E-state index in [0.717, 1.165) is 38.4 Å². The molecule has 1 fully saturated rings. The highest BCUT2D eigenvalue weighted by molar-refractivity contribution is 7.88. The molecule has 1 rings (SSSR count). The Balaban J connectivity index is 2.41. The van der Waals surface area contributed by atoms with Gasteiger partial charge in [0.25, 0.3) is 0 Å². The first kappa shape index (κ1) is 14.4. The van der Waals surface area contributed by atoms with Crippen LogP contribution in [0.5, 0.6) is 0 Å². The molecule has 1 aliphatic rings. The highest BCUT2D eigenvalue weighted by Crippen LogP contribution is 2.18. The molecule has 0 aromatic carbocycles. The zero-order chi connectivity index (χ0) is 12.9. The van der Waals surface area contributed by atoms with Crippen molar-refractivity contribution in [2.45, 2.75) is 45.1 Å². The van der Waals surface area contributed by atoms with Crippen molar-refractivity contribution in [2.24, 2.45) is 0 Å². The fraction of sp³-hybridized carbons (Fsp3) is 0.909. The fourth-order valence-corrected chi connectivity index (χ4v) is 2.37. The summed E-state index contributed by atoms with van der Waals surface area (Å²) in [6.07, 6.45) is 6.01. The molecule has 1 amide bonds. The minimum absolute atomic E-state index is 0.0426.